The zero-order valence-electron chi connectivity index (χ0n) is 19.7. The van der Waals surface area contributed by atoms with Crippen molar-refractivity contribution >= 4 is 17.5 Å². The number of carbonyl (C=O) groups is 2. The fourth-order valence-electron chi connectivity index (χ4n) is 4.12. The lowest BCUT2D eigenvalue weighted by Gasteiger charge is -2.18. The van der Waals surface area contributed by atoms with Crippen molar-refractivity contribution in [3.63, 3.8) is 0 Å². The van der Waals surface area contributed by atoms with Gasteiger partial charge in [-0.05, 0) is 55.0 Å². The number of carbonyl (C=O) groups excluding carboxylic acids is 2. The first-order valence-corrected chi connectivity index (χ1v) is 11.9. The number of amides is 2. The van der Waals surface area contributed by atoms with Gasteiger partial charge in [-0.3, -0.25) is 9.59 Å². The van der Waals surface area contributed by atoms with Crippen LogP contribution in [0.2, 0.25) is 0 Å². The summed E-state index contributed by atoms with van der Waals surface area (Å²) >= 11 is 0. The Morgan fingerprint density at radius 2 is 1.64 bits per heavy atom. The predicted octanol–water partition coefficient (Wildman–Crippen LogP) is 4.77. The van der Waals surface area contributed by atoms with E-state index in [2.05, 4.69) is 15.5 Å². The van der Waals surface area contributed by atoms with Crippen molar-refractivity contribution in [1.82, 2.24) is 15.5 Å². The van der Waals surface area contributed by atoms with E-state index >= 15 is 0 Å². The smallest absolute Gasteiger partial charge is 0.247 e. The molecule has 2 heterocycles. The molecule has 1 aliphatic heterocycles. The Morgan fingerprint density at radius 3 is 2.39 bits per heavy atom. The van der Waals surface area contributed by atoms with Crippen LogP contribution in [0.5, 0.6) is 11.5 Å². The van der Waals surface area contributed by atoms with E-state index in [1.807, 2.05) is 84.9 Å². The van der Waals surface area contributed by atoms with Crippen molar-refractivity contribution in [2.75, 3.05) is 11.4 Å². The number of nitrogens with zero attached hydrogens (tertiary/aromatic N) is 3. The van der Waals surface area contributed by atoms with Gasteiger partial charge in [0.2, 0.25) is 23.6 Å². The number of hydrogen-bond acceptors (Lipinski definition) is 6. The second kappa shape index (κ2) is 10.9. The largest absolute Gasteiger partial charge is 0.457 e. The van der Waals surface area contributed by atoms with Crippen LogP contribution in [-0.2, 0) is 16.0 Å². The Morgan fingerprint density at radius 1 is 0.944 bits per heavy atom. The van der Waals surface area contributed by atoms with Crippen molar-refractivity contribution in [3.8, 4) is 23.0 Å². The molecule has 36 heavy (non-hydrogen) atoms. The quantitative estimate of drug-likeness (QED) is 0.369. The molecule has 1 atom stereocenters. The van der Waals surface area contributed by atoms with Crippen LogP contribution < -0.4 is 15.0 Å². The van der Waals surface area contributed by atoms with E-state index in [-0.39, 0.29) is 24.3 Å². The molecule has 2 amide bonds. The summed E-state index contributed by atoms with van der Waals surface area (Å²) in [4.78, 5) is 26.7. The maximum absolute atomic E-state index is 12.6. The third-order valence-electron chi connectivity index (χ3n) is 5.90. The highest BCUT2D eigenvalue weighted by molar-refractivity contribution is 5.96. The van der Waals surface area contributed by atoms with Crippen LogP contribution >= 0.6 is 0 Å². The van der Waals surface area contributed by atoms with Crippen LogP contribution in [0.1, 0.15) is 25.2 Å². The molecule has 1 fully saturated rings. The van der Waals surface area contributed by atoms with Gasteiger partial charge >= 0.3 is 0 Å². The van der Waals surface area contributed by atoms with E-state index in [4.69, 9.17) is 9.15 Å². The van der Waals surface area contributed by atoms with Gasteiger partial charge in [0.25, 0.3) is 0 Å². The lowest BCUT2D eigenvalue weighted by atomic mass is 10.2. The second-order valence-electron chi connectivity index (χ2n) is 8.60. The van der Waals surface area contributed by atoms with Gasteiger partial charge in [-0.1, -0.05) is 36.4 Å². The summed E-state index contributed by atoms with van der Waals surface area (Å²) in [6.45, 7) is 0.438. The molecule has 1 saturated heterocycles. The summed E-state index contributed by atoms with van der Waals surface area (Å²) in [6.07, 6.45) is 1.69. The summed E-state index contributed by atoms with van der Waals surface area (Å²) in [5, 5.41) is 11.1. The minimum atomic E-state index is -0.224. The molecule has 0 radical (unpaired) electrons. The average Bonchev–Trinajstić information content (AvgIpc) is 3.52. The number of aryl methyl sites for hydroxylation is 1. The van der Waals surface area contributed by atoms with Crippen molar-refractivity contribution < 1.29 is 18.7 Å². The van der Waals surface area contributed by atoms with Gasteiger partial charge < -0.3 is 19.4 Å². The molecule has 0 spiro atoms. The van der Waals surface area contributed by atoms with Gasteiger partial charge in [-0.15, -0.1) is 10.2 Å². The standard InChI is InChI=1S/C28H26N4O4/c33-25(12-7-13-26-30-31-28(36-26)20-8-3-1-4-9-20)29-21-18-27(34)32(19-21)22-14-16-24(17-15-22)35-23-10-5-2-6-11-23/h1-6,8-11,14-17,21H,7,12-13,18-19H2,(H,29,33). The van der Waals surface area contributed by atoms with Crippen molar-refractivity contribution in [2.45, 2.75) is 31.7 Å². The number of nitrogens with one attached hydrogen (secondary N) is 1. The van der Waals surface area contributed by atoms with Crippen LogP contribution in [0, 0.1) is 0 Å². The van der Waals surface area contributed by atoms with Gasteiger partial charge in [0.15, 0.2) is 0 Å². The Bertz CT molecular complexity index is 1310. The van der Waals surface area contributed by atoms with E-state index in [0.717, 1.165) is 17.0 Å². The molecule has 8 heteroatoms. The number of rotatable bonds is 9. The predicted molar refractivity (Wildman–Crippen MR) is 135 cm³/mol. The minimum Gasteiger partial charge on any atom is -0.457 e. The van der Waals surface area contributed by atoms with E-state index in [1.54, 1.807) is 4.90 Å². The monoisotopic (exact) mass is 482 g/mol. The number of ether oxygens (including phenoxy) is 1. The van der Waals surface area contributed by atoms with Crippen LogP contribution in [0.3, 0.4) is 0 Å². The van der Waals surface area contributed by atoms with Gasteiger partial charge in [-0.25, -0.2) is 0 Å². The maximum atomic E-state index is 12.6. The van der Waals surface area contributed by atoms with Crippen LogP contribution in [0.25, 0.3) is 11.5 Å². The fourth-order valence-corrected chi connectivity index (χ4v) is 4.12. The van der Waals surface area contributed by atoms with Crippen LogP contribution in [-0.4, -0.2) is 34.6 Å². The number of benzene rings is 3. The first-order valence-electron chi connectivity index (χ1n) is 11.9. The van der Waals surface area contributed by atoms with Crippen molar-refractivity contribution in [1.29, 1.82) is 0 Å². The van der Waals surface area contributed by atoms with Crippen molar-refractivity contribution in [3.05, 3.63) is 90.8 Å². The first kappa shape index (κ1) is 23.3. The molecule has 0 saturated carbocycles. The summed E-state index contributed by atoms with van der Waals surface area (Å²) < 4.78 is 11.5. The molecule has 1 unspecified atom stereocenters. The maximum Gasteiger partial charge on any atom is 0.247 e. The number of hydrogen-bond donors (Lipinski definition) is 1. The highest BCUT2D eigenvalue weighted by Crippen LogP contribution is 2.27. The second-order valence-corrected chi connectivity index (χ2v) is 8.60. The Kier molecular flexibility index (Phi) is 7.02. The summed E-state index contributed by atoms with van der Waals surface area (Å²) in [5.41, 5.74) is 1.64. The Balaban J connectivity index is 1.08. The highest BCUT2D eigenvalue weighted by Gasteiger charge is 2.31. The zero-order chi connectivity index (χ0) is 24.7. The molecule has 1 aliphatic rings. The topological polar surface area (TPSA) is 97.6 Å². The van der Waals surface area contributed by atoms with Gasteiger partial charge in [-0.2, -0.15) is 0 Å². The number of para-hydroxylation sites is 1. The lowest BCUT2D eigenvalue weighted by molar-refractivity contribution is -0.121. The third kappa shape index (κ3) is 5.78. The van der Waals surface area contributed by atoms with E-state index in [9.17, 15) is 9.59 Å². The normalized spacial score (nSPS) is 15.2. The third-order valence-corrected chi connectivity index (χ3v) is 5.90. The number of anilines is 1. The van der Waals surface area contributed by atoms with E-state index in [1.165, 1.54) is 0 Å². The molecule has 8 nitrogen and oxygen atoms in total. The van der Waals surface area contributed by atoms with Crippen LogP contribution in [0.15, 0.2) is 89.3 Å². The SMILES string of the molecule is O=C(CCCc1nnc(-c2ccccc2)o1)NC1CC(=O)N(c2ccc(Oc3ccccc3)cc2)C1. The molecule has 182 valence electrons. The number of aromatic nitrogens is 2. The molecule has 4 aromatic rings. The first-order chi connectivity index (χ1) is 17.6. The van der Waals surface area contributed by atoms with Crippen molar-refractivity contribution in [2.24, 2.45) is 0 Å². The molecule has 1 aromatic heterocycles. The summed E-state index contributed by atoms with van der Waals surface area (Å²) in [6, 6.07) is 26.2. The van der Waals surface area contributed by atoms with E-state index in [0.29, 0.717) is 43.3 Å². The average molecular weight is 483 g/mol. The molecular weight excluding hydrogens is 456 g/mol. The Hall–Kier alpha value is -4.46. The minimum absolute atomic E-state index is 0.0173. The van der Waals surface area contributed by atoms with Gasteiger partial charge in [0.05, 0.1) is 6.04 Å². The van der Waals surface area contributed by atoms with Gasteiger partial charge in [0, 0.05) is 37.1 Å². The lowest BCUT2D eigenvalue weighted by Crippen LogP contribution is -2.37. The zero-order valence-corrected chi connectivity index (χ0v) is 19.7. The van der Waals surface area contributed by atoms with Crippen LogP contribution in [0.4, 0.5) is 5.69 Å². The van der Waals surface area contributed by atoms with Gasteiger partial charge in [0.1, 0.15) is 11.5 Å². The highest BCUT2D eigenvalue weighted by atomic mass is 16.5. The molecule has 5 rings (SSSR count). The summed E-state index contributed by atoms with van der Waals surface area (Å²) in [5.74, 6) is 2.31. The molecule has 0 bridgehead atoms. The fraction of sp³-hybridized carbons (Fsp3) is 0.214. The molecule has 3 aromatic carbocycles. The Labute approximate surface area is 208 Å². The summed E-state index contributed by atoms with van der Waals surface area (Å²) in [7, 11) is 0. The molecule has 0 aliphatic carbocycles. The molecule has 1 N–H and O–H groups in total. The van der Waals surface area contributed by atoms with E-state index < -0.39 is 0 Å². The molecular formula is C28H26N4O4.